The van der Waals surface area contributed by atoms with Crippen molar-refractivity contribution in [2.45, 2.75) is 25.4 Å². The zero-order chi connectivity index (χ0) is 10.1. The molecule has 0 radical (unpaired) electrons. The lowest BCUT2D eigenvalue weighted by Crippen LogP contribution is -2.43. The summed E-state index contributed by atoms with van der Waals surface area (Å²) in [5, 5.41) is 15.3. The molecule has 0 bridgehead atoms. The Hall–Kier alpha value is -0.430. The van der Waals surface area contributed by atoms with E-state index in [2.05, 4.69) is 25.7 Å². The van der Waals surface area contributed by atoms with Crippen LogP contribution < -0.4 is 5.32 Å². The summed E-state index contributed by atoms with van der Waals surface area (Å²) in [4.78, 5) is 2.40. The van der Waals surface area contributed by atoms with E-state index in [9.17, 15) is 0 Å². The Morgan fingerprint density at radius 2 is 1.88 bits per heavy atom. The van der Waals surface area contributed by atoms with E-state index >= 15 is 0 Å². The van der Waals surface area contributed by atoms with Gasteiger partial charge in [0.1, 0.15) is 0 Å². The standard InChI is InChI=1S/C9H16N6.2ClH/c1-2-8(1)15-9(11-12-13-15)7-14-5-3-10-4-6-14;;/h8,10H,1-7H2;2*1H. The Morgan fingerprint density at radius 3 is 2.53 bits per heavy atom. The molecule has 1 N–H and O–H groups in total. The minimum absolute atomic E-state index is 0. The minimum Gasteiger partial charge on any atom is -0.314 e. The van der Waals surface area contributed by atoms with Crippen LogP contribution in [0.2, 0.25) is 0 Å². The largest absolute Gasteiger partial charge is 0.314 e. The third-order valence-electron chi connectivity index (χ3n) is 3.03. The third kappa shape index (κ3) is 3.51. The smallest absolute Gasteiger partial charge is 0.165 e. The van der Waals surface area contributed by atoms with Crippen LogP contribution in [0.4, 0.5) is 0 Å². The van der Waals surface area contributed by atoms with E-state index in [0.29, 0.717) is 6.04 Å². The van der Waals surface area contributed by atoms with Crippen LogP contribution in [0.15, 0.2) is 0 Å². The molecule has 3 rings (SSSR count). The van der Waals surface area contributed by atoms with Crippen molar-refractivity contribution < 1.29 is 0 Å². The van der Waals surface area contributed by atoms with E-state index in [-0.39, 0.29) is 24.8 Å². The Kier molecular flexibility index (Phi) is 5.58. The van der Waals surface area contributed by atoms with E-state index in [4.69, 9.17) is 0 Å². The molecular weight excluding hydrogens is 263 g/mol. The summed E-state index contributed by atoms with van der Waals surface area (Å²) in [6, 6.07) is 0.581. The average Bonchev–Trinajstić information content (AvgIpc) is 3.02. The first-order valence-corrected chi connectivity index (χ1v) is 5.63. The number of hydrogen-bond acceptors (Lipinski definition) is 5. The first kappa shape index (κ1) is 14.6. The molecule has 2 aliphatic rings. The van der Waals surface area contributed by atoms with Crippen LogP contribution in [0.25, 0.3) is 0 Å². The molecule has 8 heteroatoms. The van der Waals surface area contributed by atoms with Crippen molar-refractivity contribution in [2.24, 2.45) is 0 Å². The maximum absolute atomic E-state index is 4.11. The van der Waals surface area contributed by atoms with Gasteiger partial charge in [0.15, 0.2) is 5.82 Å². The van der Waals surface area contributed by atoms with Crippen LogP contribution in [0.5, 0.6) is 0 Å². The fourth-order valence-corrected chi connectivity index (χ4v) is 1.99. The van der Waals surface area contributed by atoms with Crippen molar-refractivity contribution in [1.29, 1.82) is 0 Å². The Morgan fingerprint density at radius 1 is 1.18 bits per heavy atom. The molecule has 1 aliphatic carbocycles. The van der Waals surface area contributed by atoms with Crippen LogP contribution in [0.3, 0.4) is 0 Å². The molecule has 0 aromatic carbocycles. The number of piperazine rings is 1. The van der Waals surface area contributed by atoms with E-state index < -0.39 is 0 Å². The number of aromatic nitrogens is 4. The molecule has 1 aromatic heterocycles. The van der Waals surface area contributed by atoms with Crippen LogP contribution >= 0.6 is 24.8 Å². The van der Waals surface area contributed by atoms with Gasteiger partial charge in [-0.2, -0.15) is 0 Å². The molecule has 0 amide bonds. The number of hydrogen-bond donors (Lipinski definition) is 1. The Balaban J connectivity index is 0.000000722. The van der Waals surface area contributed by atoms with Crippen LogP contribution in [0.1, 0.15) is 24.7 Å². The Labute approximate surface area is 113 Å². The van der Waals surface area contributed by atoms with Crippen molar-refractivity contribution in [2.75, 3.05) is 26.2 Å². The first-order chi connectivity index (χ1) is 7.43. The monoisotopic (exact) mass is 280 g/mol. The van der Waals surface area contributed by atoms with Crippen molar-refractivity contribution in [3.63, 3.8) is 0 Å². The van der Waals surface area contributed by atoms with E-state index in [0.717, 1.165) is 38.5 Å². The quantitative estimate of drug-likeness (QED) is 0.861. The van der Waals surface area contributed by atoms with Gasteiger partial charge in [0.05, 0.1) is 12.6 Å². The summed E-state index contributed by atoms with van der Waals surface area (Å²) in [7, 11) is 0. The summed E-state index contributed by atoms with van der Waals surface area (Å²) < 4.78 is 2.00. The van der Waals surface area contributed by atoms with Gasteiger partial charge in [-0.15, -0.1) is 29.9 Å². The maximum Gasteiger partial charge on any atom is 0.165 e. The van der Waals surface area contributed by atoms with E-state index in [1.54, 1.807) is 0 Å². The topological polar surface area (TPSA) is 58.9 Å². The highest BCUT2D eigenvalue weighted by atomic mass is 35.5. The molecule has 1 saturated heterocycles. The fraction of sp³-hybridized carbons (Fsp3) is 0.889. The second-order valence-corrected chi connectivity index (χ2v) is 4.30. The van der Waals surface area contributed by atoms with Gasteiger partial charge in [-0.3, -0.25) is 4.90 Å². The number of halogens is 2. The lowest BCUT2D eigenvalue weighted by Gasteiger charge is -2.26. The molecule has 1 saturated carbocycles. The van der Waals surface area contributed by atoms with Gasteiger partial charge in [0.2, 0.25) is 0 Å². The zero-order valence-corrected chi connectivity index (χ0v) is 11.2. The van der Waals surface area contributed by atoms with E-state index in [1.165, 1.54) is 12.8 Å². The normalized spacial score (nSPS) is 20.5. The van der Waals surface area contributed by atoms with Crippen molar-refractivity contribution in [1.82, 2.24) is 30.4 Å². The summed E-state index contributed by atoms with van der Waals surface area (Å²) in [6.07, 6.45) is 2.47. The van der Waals surface area contributed by atoms with Crippen molar-refractivity contribution in [3.05, 3.63) is 5.82 Å². The van der Waals surface area contributed by atoms with Gasteiger partial charge in [0, 0.05) is 26.2 Å². The molecule has 2 heterocycles. The minimum atomic E-state index is 0. The highest BCUT2D eigenvalue weighted by Gasteiger charge is 2.28. The summed E-state index contributed by atoms with van der Waals surface area (Å²) >= 11 is 0. The SMILES string of the molecule is C1CN(Cc2nnnn2C2CC2)CCN1.Cl.Cl. The number of tetrazole rings is 1. The van der Waals surface area contributed by atoms with Gasteiger partial charge in [0.25, 0.3) is 0 Å². The van der Waals surface area contributed by atoms with Crippen molar-refractivity contribution in [3.8, 4) is 0 Å². The zero-order valence-electron chi connectivity index (χ0n) is 9.58. The number of nitrogens with one attached hydrogen (secondary N) is 1. The van der Waals surface area contributed by atoms with Crippen LogP contribution in [0, 0.1) is 0 Å². The summed E-state index contributed by atoms with van der Waals surface area (Å²) in [5.41, 5.74) is 0. The number of nitrogens with zero attached hydrogens (tertiary/aromatic N) is 5. The van der Waals surface area contributed by atoms with E-state index in [1.807, 2.05) is 4.68 Å². The molecule has 1 aliphatic heterocycles. The summed E-state index contributed by atoms with van der Waals surface area (Å²) in [5.74, 6) is 1.03. The van der Waals surface area contributed by atoms with Crippen LogP contribution in [-0.2, 0) is 6.54 Å². The van der Waals surface area contributed by atoms with Gasteiger partial charge >= 0.3 is 0 Å². The molecule has 98 valence electrons. The molecule has 0 spiro atoms. The molecule has 6 nitrogen and oxygen atoms in total. The second kappa shape index (κ2) is 6.49. The predicted octanol–water partition coefficient (Wildman–Crippen LogP) is 0.257. The lowest BCUT2D eigenvalue weighted by atomic mass is 10.3. The first-order valence-electron chi connectivity index (χ1n) is 5.63. The second-order valence-electron chi connectivity index (χ2n) is 4.30. The van der Waals surface area contributed by atoms with Crippen molar-refractivity contribution >= 4 is 24.8 Å². The molecule has 0 atom stereocenters. The molecule has 17 heavy (non-hydrogen) atoms. The van der Waals surface area contributed by atoms with Gasteiger partial charge in [-0.25, -0.2) is 4.68 Å². The molecule has 0 unspecified atom stereocenters. The fourth-order valence-electron chi connectivity index (χ4n) is 1.99. The number of rotatable bonds is 3. The Bertz CT molecular complexity index is 334. The molecular formula is C9H18Cl2N6. The van der Waals surface area contributed by atoms with Gasteiger partial charge in [-0.05, 0) is 23.3 Å². The van der Waals surface area contributed by atoms with Gasteiger partial charge < -0.3 is 5.32 Å². The lowest BCUT2D eigenvalue weighted by molar-refractivity contribution is 0.224. The maximum atomic E-state index is 4.11. The summed E-state index contributed by atoms with van der Waals surface area (Å²) in [6.45, 7) is 5.23. The molecule has 1 aromatic rings. The third-order valence-corrected chi connectivity index (χ3v) is 3.03. The van der Waals surface area contributed by atoms with Gasteiger partial charge in [-0.1, -0.05) is 0 Å². The highest BCUT2D eigenvalue weighted by molar-refractivity contribution is 5.85. The highest BCUT2D eigenvalue weighted by Crippen LogP contribution is 2.34. The predicted molar refractivity (Wildman–Crippen MR) is 68.7 cm³/mol. The van der Waals surface area contributed by atoms with Crippen LogP contribution in [-0.4, -0.2) is 51.3 Å². The average molecular weight is 281 g/mol. The molecule has 2 fully saturated rings.